The van der Waals surface area contributed by atoms with Crippen molar-refractivity contribution in [2.75, 3.05) is 20.3 Å². The maximum Gasteiger partial charge on any atom is 0.0890 e. The number of nitrogens with zero attached hydrogens (tertiary/aromatic N) is 3. The minimum Gasteiger partial charge on any atom is -0.362 e. The number of hydrogen-bond donors (Lipinski definition) is 0. The molecule has 2 aromatic rings. The Morgan fingerprint density at radius 2 is 1.84 bits per heavy atom. The number of fused-ring (bicyclic) bond motifs is 1. The second-order valence-corrected chi connectivity index (χ2v) is 4.30. The predicted octanol–water partition coefficient (Wildman–Crippen LogP) is 3.50. The molecule has 0 saturated carbocycles. The van der Waals surface area contributed by atoms with Crippen molar-refractivity contribution >= 4 is 27.9 Å². The molecule has 19 heavy (non-hydrogen) atoms. The van der Waals surface area contributed by atoms with Crippen molar-refractivity contribution in [2.45, 2.75) is 6.92 Å². The van der Waals surface area contributed by atoms with Gasteiger partial charge in [-0.05, 0) is 19.1 Å². The first-order valence-corrected chi connectivity index (χ1v) is 6.22. The molecule has 0 aliphatic carbocycles. The molecule has 2 heterocycles. The van der Waals surface area contributed by atoms with Crippen LogP contribution in [0.2, 0.25) is 0 Å². The van der Waals surface area contributed by atoms with Gasteiger partial charge in [0.05, 0.1) is 12.2 Å². The summed E-state index contributed by atoms with van der Waals surface area (Å²) in [5.41, 5.74) is 1.06. The fraction of sp³-hybridized carbons (Fsp3) is 0.267. The minimum atomic E-state index is 0. The Morgan fingerprint density at radius 1 is 1.11 bits per heavy atom. The summed E-state index contributed by atoms with van der Waals surface area (Å²) in [6, 6.07) is 12.1. The largest absolute Gasteiger partial charge is 0.362 e. The highest BCUT2D eigenvalue weighted by Gasteiger charge is 2.03. The van der Waals surface area contributed by atoms with Crippen LogP contribution in [0.1, 0.15) is 6.92 Å². The van der Waals surface area contributed by atoms with E-state index in [2.05, 4.69) is 53.3 Å². The molecule has 1 aliphatic rings. The second kappa shape index (κ2) is 7.79. The lowest BCUT2D eigenvalue weighted by Crippen LogP contribution is -2.21. The summed E-state index contributed by atoms with van der Waals surface area (Å²) in [6.45, 7) is 4.32. The third-order valence-electron chi connectivity index (χ3n) is 2.86. The normalized spacial score (nSPS) is 12.9. The molecule has 1 aromatic heterocycles. The molecule has 0 amide bonds. The maximum atomic E-state index is 4.18. The third kappa shape index (κ3) is 4.56. The zero-order valence-corrected chi connectivity index (χ0v) is 13.1. The summed E-state index contributed by atoms with van der Waals surface area (Å²) >= 11 is 0. The predicted molar refractivity (Wildman–Crippen MR) is 86.2 cm³/mol. The standard InChI is InChI=1S/C9H7N.C6H12N2.BrH/c1-2-6-9-8(4-1)5-3-7-10-9;1-3-8-5-4-7(2)6-8;/h1-7H;4-5H,3,6H2,1-2H3;1H. The van der Waals surface area contributed by atoms with Crippen molar-refractivity contribution in [3.05, 3.63) is 55.0 Å². The molecule has 0 fully saturated rings. The molecule has 4 heteroatoms. The molecule has 0 bridgehead atoms. The zero-order chi connectivity index (χ0) is 12.8. The minimum absolute atomic E-state index is 0. The van der Waals surface area contributed by atoms with E-state index in [9.17, 15) is 0 Å². The molecule has 0 atom stereocenters. The van der Waals surface area contributed by atoms with E-state index >= 15 is 0 Å². The van der Waals surface area contributed by atoms with Gasteiger partial charge in [0.25, 0.3) is 0 Å². The Labute approximate surface area is 125 Å². The molecule has 0 spiro atoms. The van der Waals surface area contributed by atoms with Crippen LogP contribution in [-0.4, -0.2) is 35.0 Å². The van der Waals surface area contributed by atoms with Crippen LogP contribution < -0.4 is 0 Å². The van der Waals surface area contributed by atoms with E-state index in [0.717, 1.165) is 18.7 Å². The van der Waals surface area contributed by atoms with Crippen LogP contribution in [-0.2, 0) is 0 Å². The fourth-order valence-electron chi connectivity index (χ4n) is 1.81. The third-order valence-corrected chi connectivity index (χ3v) is 2.86. The summed E-state index contributed by atoms with van der Waals surface area (Å²) in [6.07, 6.45) is 6.01. The lowest BCUT2D eigenvalue weighted by atomic mass is 10.2. The summed E-state index contributed by atoms with van der Waals surface area (Å²) in [5, 5.41) is 1.20. The highest BCUT2D eigenvalue weighted by atomic mass is 79.9. The van der Waals surface area contributed by atoms with Gasteiger partial charge in [0.1, 0.15) is 0 Å². The van der Waals surface area contributed by atoms with Crippen LogP contribution >= 0.6 is 17.0 Å². The second-order valence-electron chi connectivity index (χ2n) is 4.30. The van der Waals surface area contributed by atoms with E-state index in [1.165, 1.54) is 5.39 Å². The molecule has 0 saturated heterocycles. The molecule has 1 aromatic carbocycles. The Bertz CT molecular complexity index is 462. The van der Waals surface area contributed by atoms with Gasteiger partial charge in [0.15, 0.2) is 0 Å². The fourth-order valence-corrected chi connectivity index (χ4v) is 1.81. The molecular weight excluding hydrogens is 302 g/mol. The Kier molecular flexibility index (Phi) is 6.36. The first-order chi connectivity index (χ1) is 8.79. The SMILES string of the molecule is Br.CCN1C=CN(C)C1.c1ccc2ncccc2c1. The van der Waals surface area contributed by atoms with Crippen molar-refractivity contribution in [3.8, 4) is 0 Å². The van der Waals surface area contributed by atoms with Crippen molar-refractivity contribution in [3.63, 3.8) is 0 Å². The average Bonchev–Trinajstić information content (AvgIpc) is 2.86. The van der Waals surface area contributed by atoms with Crippen LogP contribution in [0.25, 0.3) is 10.9 Å². The lowest BCUT2D eigenvalue weighted by molar-refractivity contribution is 0.308. The highest BCUT2D eigenvalue weighted by Crippen LogP contribution is 2.07. The smallest absolute Gasteiger partial charge is 0.0890 e. The molecule has 0 radical (unpaired) electrons. The number of hydrogen-bond acceptors (Lipinski definition) is 3. The van der Waals surface area contributed by atoms with Crippen molar-refractivity contribution in [1.29, 1.82) is 0 Å². The van der Waals surface area contributed by atoms with Gasteiger partial charge in [-0.2, -0.15) is 0 Å². The number of pyridine rings is 1. The van der Waals surface area contributed by atoms with Crippen molar-refractivity contribution in [1.82, 2.24) is 14.8 Å². The summed E-state index contributed by atoms with van der Waals surface area (Å²) in [7, 11) is 2.08. The molecule has 1 aliphatic heterocycles. The first-order valence-electron chi connectivity index (χ1n) is 6.22. The Hall–Kier alpha value is -1.55. The van der Waals surface area contributed by atoms with Gasteiger partial charge in [-0.25, -0.2) is 0 Å². The zero-order valence-electron chi connectivity index (χ0n) is 11.4. The molecule has 3 nitrogen and oxygen atoms in total. The van der Waals surface area contributed by atoms with Crippen molar-refractivity contribution < 1.29 is 0 Å². The molecule has 102 valence electrons. The summed E-state index contributed by atoms with van der Waals surface area (Å²) in [5.74, 6) is 0. The van der Waals surface area contributed by atoms with Gasteiger partial charge in [-0.1, -0.05) is 24.3 Å². The topological polar surface area (TPSA) is 19.4 Å². The first kappa shape index (κ1) is 15.5. The number of para-hydroxylation sites is 1. The number of aromatic nitrogens is 1. The summed E-state index contributed by atoms with van der Waals surface area (Å²) < 4.78 is 0. The van der Waals surface area contributed by atoms with Crippen LogP contribution in [0.5, 0.6) is 0 Å². The molecule has 3 rings (SSSR count). The maximum absolute atomic E-state index is 4.18. The number of rotatable bonds is 1. The van der Waals surface area contributed by atoms with Crippen LogP contribution in [0.4, 0.5) is 0 Å². The van der Waals surface area contributed by atoms with Gasteiger partial charge in [-0.3, -0.25) is 4.98 Å². The van der Waals surface area contributed by atoms with E-state index in [1.807, 2.05) is 30.5 Å². The van der Waals surface area contributed by atoms with E-state index in [0.29, 0.717) is 0 Å². The summed E-state index contributed by atoms with van der Waals surface area (Å²) in [4.78, 5) is 8.59. The van der Waals surface area contributed by atoms with Gasteiger partial charge >= 0.3 is 0 Å². The average molecular weight is 322 g/mol. The van der Waals surface area contributed by atoms with Gasteiger partial charge in [-0.15, -0.1) is 17.0 Å². The Morgan fingerprint density at radius 3 is 2.42 bits per heavy atom. The Balaban J connectivity index is 0.000000185. The highest BCUT2D eigenvalue weighted by molar-refractivity contribution is 8.93. The quantitative estimate of drug-likeness (QED) is 0.801. The van der Waals surface area contributed by atoms with Crippen LogP contribution in [0.3, 0.4) is 0 Å². The molecular formula is C15H20BrN3. The van der Waals surface area contributed by atoms with E-state index in [1.54, 1.807) is 0 Å². The molecule has 0 N–H and O–H groups in total. The van der Waals surface area contributed by atoms with E-state index in [-0.39, 0.29) is 17.0 Å². The van der Waals surface area contributed by atoms with E-state index < -0.39 is 0 Å². The van der Waals surface area contributed by atoms with Crippen LogP contribution in [0.15, 0.2) is 55.0 Å². The van der Waals surface area contributed by atoms with Crippen LogP contribution in [0, 0.1) is 0 Å². The van der Waals surface area contributed by atoms with Gasteiger partial charge in [0, 0.05) is 37.6 Å². The van der Waals surface area contributed by atoms with Gasteiger partial charge in [0.2, 0.25) is 0 Å². The van der Waals surface area contributed by atoms with Gasteiger partial charge < -0.3 is 9.80 Å². The number of halogens is 1. The van der Waals surface area contributed by atoms with E-state index in [4.69, 9.17) is 0 Å². The lowest BCUT2D eigenvalue weighted by Gasteiger charge is -2.14. The monoisotopic (exact) mass is 321 g/mol. The number of benzene rings is 1. The van der Waals surface area contributed by atoms with Crippen molar-refractivity contribution in [2.24, 2.45) is 0 Å². The molecule has 0 unspecified atom stereocenters.